The first-order chi connectivity index (χ1) is 21.8. The SMILES string of the molecule is c1ccc(-c2cc(-c3ccccc3)nc(-n3c4ccccc4c4cc5c(cc43)c3ccccc3n5-c3ccccn3)c2)cc1. The Morgan fingerprint density at radius 2 is 0.909 bits per heavy atom. The summed E-state index contributed by atoms with van der Waals surface area (Å²) in [7, 11) is 0. The van der Waals surface area contributed by atoms with Crippen molar-refractivity contribution in [3.05, 3.63) is 158 Å². The predicted octanol–water partition coefficient (Wildman–Crippen LogP) is 10.0. The Balaban J connectivity index is 1.40. The third kappa shape index (κ3) is 3.78. The zero-order valence-corrected chi connectivity index (χ0v) is 23.8. The van der Waals surface area contributed by atoms with Gasteiger partial charge in [-0.15, -0.1) is 0 Å². The molecule has 0 spiro atoms. The highest BCUT2D eigenvalue weighted by atomic mass is 15.1. The Morgan fingerprint density at radius 1 is 0.364 bits per heavy atom. The molecule has 44 heavy (non-hydrogen) atoms. The fourth-order valence-electron chi connectivity index (χ4n) is 6.59. The van der Waals surface area contributed by atoms with Crippen molar-refractivity contribution in [2.75, 3.05) is 0 Å². The van der Waals surface area contributed by atoms with E-state index in [-0.39, 0.29) is 0 Å². The van der Waals surface area contributed by atoms with Gasteiger partial charge < -0.3 is 0 Å². The second-order valence-electron chi connectivity index (χ2n) is 11.1. The van der Waals surface area contributed by atoms with Crippen LogP contribution in [-0.2, 0) is 0 Å². The van der Waals surface area contributed by atoms with Crippen molar-refractivity contribution in [1.29, 1.82) is 0 Å². The number of hydrogen-bond donors (Lipinski definition) is 0. The van der Waals surface area contributed by atoms with Crippen molar-refractivity contribution in [3.8, 4) is 34.0 Å². The van der Waals surface area contributed by atoms with Gasteiger partial charge in [-0.1, -0.05) is 103 Å². The molecule has 0 unspecified atom stereocenters. The number of rotatable bonds is 4. The summed E-state index contributed by atoms with van der Waals surface area (Å²) >= 11 is 0. The smallest absolute Gasteiger partial charge is 0.138 e. The summed E-state index contributed by atoms with van der Waals surface area (Å²) in [4.78, 5) is 10.1. The highest BCUT2D eigenvalue weighted by Crippen LogP contribution is 2.40. The van der Waals surface area contributed by atoms with Crippen LogP contribution in [-0.4, -0.2) is 19.1 Å². The van der Waals surface area contributed by atoms with Crippen molar-refractivity contribution in [2.45, 2.75) is 0 Å². The molecular formula is C40H26N4. The van der Waals surface area contributed by atoms with Crippen LogP contribution in [0.5, 0.6) is 0 Å². The summed E-state index contributed by atoms with van der Waals surface area (Å²) in [5.41, 5.74) is 8.86. The molecule has 0 aliphatic heterocycles. The largest absolute Gasteiger partial charge is 0.294 e. The third-order valence-corrected chi connectivity index (χ3v) is 8.56. The molecule has 0 bridgehead atoms. The molecular weight excluding hydrogens is 536 g/mol. The number of fused-ring (bicyclic) bond motifs is 6. The van der Waals surface area contributed by atoms with Crippen LogP contribution < -0.4 is 0 Å². The van der Waals surface area contributed by atoms with Crippen molar-refractivity contribution in [1.82, 2.24) is 19.1 Å². The van der Waals surface area contributed by atoms with Crippen LogP contribution in [0.3, 0.4) is 0 Å². The second kappa shape index (κ2) is 9.79. The van der Waals surface area contributed by atoms with E-state index >= 15 is 0 Å². The summed E-state index contributed by atoms with van der Waals surface area (Å²) < 4.78 is 4.61. The molecule has 0 saturated carbocycles. The molecule has 0 saturated heterocycles. The van der Waals surface area contributed by atoms with E-state index in [2.05, 4.69) is 143 Å². The van der Waals surface area contributed by atoms with E-state index in [0.29, 0.717) is 0 Å². The molecule has 5 aromatic carbocycles. The van der Waals surface area contributed by atoms with Crippen LogP contribution in [0.4, 0.5) is 0 Å². The number of benzene rings is 5. The monoisotopic (exact) mass is 562 g/mol. The van der Waals surface area contributed by atoms with Crippen LogP contribution in [0, 0.1) is 0 Å². The van der Waals surface area contributed by atoms with Gasteiger partial charge in [0.2, 0.25) is 0 Å². The van der Waals surface area contributed by atoms with Crippen LogP contribution >= 0.6 is 0 Å². The van der Waals surface area contributed by atoms with E-state index in [1.54, 1.807) is 0 Å². The van der Waals surface area contributed by atoms with E-state index in [0.717, 1.165) is 56.1 Å². The molecule has 0 aliphatic carbocycles. The first kappa shape index (κ1) is 24.6. The normalized spacial score (nSPS) is 11.6. The molecule has 0 atom stereocenters. The average molecular weight is 563 g/mol. The summed E-state index contributed by atoms with van der Waals surface area (Å²) in [5.74, 6) is 1.80. The van der Waals surface area contributed by atoms with Crippen LogP contribution in [0.15, 0.2) is 158 Å². The predicted molar refractivity (Wildman–Crippen MR) is 182 cm³/mol. The third-order valence-electron chi connectivity index (χ3n) is 8.56. The minimum absolute atomic E-state index is 0.893. The summed E-state index contributed by atoms with van der Waals surface area (Å²) in [6.45, 7) is 0. The zero-order chi connectivity index (χ0) is 29.0. The van der Waals surface area contributed by atoms with Gasteiger partial charge in [0.15, 0.2) is 0 Å². The van der Waals surface area contributed by atoms with E-state index in [1.807, 2.05) is 24.4 Å². The van der Waals surface area contributed by atoms with Gasteiger partial charge in [0.25, 0.3) is 0 Å². The molecule has 4 heterocycles. The van der Waals surface area contributed by atoms with Gasteiger partial charge in [-0.05, 0) is 59.7 Å². The second-order valence-corrected chi connectivity index (χ2v) is 11.1. The van der Waals surface area contributed by atoms with Crippen molar-refractivity contribution < 1.29 is 0 Å². The fraction of sp³-hybridized carbons (Fsp3) is 0. The fourth-order valence-corrected chi connectivity index (χ4v) is 6.59. The van der Waals surface area contributed by atoms with Gasteiger partial charge in [0.1, 0.15) is 11.6 Å². The number of para-hydroxylation sites is 2. The van der Waals surface area contributed by atoms with E-state index in [9.17, 15) is 0 Å². The van der Waals surface area contributed by atoms with Gasteiger partial charge in [0, 0.05) is 33.3 Å². The Kier molecular flexibility index (Phi) is 5.47. The molecule has 0 aliphatic rings. The van der Waals surface area contributed by atoms with Gasteiger partial charge >= 0.3 is 0 Å². The summed E-state index contributed by atoms with van der Waals surface area (Å²) in [5, 5.41) is 4.75. The van der Waals surface area contributed by atoms with Gasteiger partial charge in [-0.2, -0.15) is 0 Å². The minimum atomic E-state index is 0.893. The van der Waals surface area contributed by atoms with Crippen LogP contribution in [0.1, 0.15) is 0 Å². The molecule has 206 valence electrons. The van der Waals surface area contributed by atoms with Crippen LogP contribution in [0.25, 0.3) is 77.6 Å². The molecule has 0 amide bonds. The van der Waals surface area contributed by atoms with Crippen LogP contribution in [0.2, 0.25) is 0 Å². The van der Waals surface area contributed by atoms with E-state index in [1.165, 1.54) is 21.5 Å². The van der Waals surface area contributed by atoms with Crippen molar-refractivity contribution >= 4 is 43.6 Å². The zero-order valence-electron chi connectivity index (χ0n) is 23.8. The molecule has 9 rings (SSSR count). The molecule has 9 aromatic rings. The standard InChI is InChI=1S/C40H26N4/c1-3-13-27(14-4-1)29-23-34(28-15-5-2-6-16-28)42-40(24-29)44-36-20-10-8-18-31(36)33-25-37-32(26-38(33)44)30-17-7-9-19-35(30)43(37)39-21-11-12-22-41-39/h1-26H. The first-order valence-corrected chi connectivity index (χ1v) is 14.8. The summed E-state index contributed by atoms with van der Waals surface area (Å²) in [6.07, 6.45) is 1.86. The van der Waals surface area contributed by atoms with Crippen molar-refractivity contribution in [2.24, 2.45) is 0 Å². The number of nitrogens with zero attached hydrogens (tertiary/aromatic N) is 4. The lowest BCUT2D eigenvalue weighted by molar-refractivity contribution is 1.08. The highest BCUT2D eigenvalue weighted by Gasteiger charge is 2.20. The highest BCUT2D eigenvalue weighted by molar-refractivity contribution is 6.18. The quantitative estimate of drug-likeness (QED) is 0.214. The lowest BCUT2D eigenvalue weighted by Gasteiger charge is -2.13. The maximum absolute atomic E-state index is 5.31. The maximum atomic E-state index is 5.31. The first-order valence-electron chi connectivity index (χ1n) is 14.8. The molecule has 4 heteroatoms. The minimum Gasteiger partial charge on any atom is -0.294 e. The molecule has 0 fully saturated rings. The number of aromatic nitrogens is 4. The van der Waals surface area contributed by atoms with Gasteiger partial charge in [-0.25, -0.2) is 9.97 Å². The molecule has 4 aromatic heterocycles. The molecule has 0 N–H and O–H groups in total. The lowest BCUT2D eigenvalue weighted by atomic mass is 10.0. The molecule has 0 radical (unpaired) electrons. The van der Waals surface area contributed by atoms with Gasteiger partial charge in [-0.3, -0.25) is 9.13 Å². The number of hydrogen-bond acceptors (Lipinski definition) is 2. The number of pyridine rings is 2. The van der Waals surface area contributed by atoms with E-state index < -0.39 is 0 Å². The average Bonchev–Trinajstić information content (AvgIpc) is 3.60. The Morgan fingerprint density at radius 3 is 1.52 bits per heavy atom. The lowest BCUT2D eigenvalue weighted by Crippen LogP contribution is -2.00. The topological polar surface area (TPSA) is 35.6 Å². The summed E-state index contributed by atoms with van der Waals surface area (Å²) in [6, 6.07) is 53.4. The molecule has 4 nitrogen and oxygen atoms in total. The Hall–Kier alpha value is -6.00. The maximum Gasteiger partial charge on any atom is 0.138 e. The van der Waals surface area contributed by atoms with Crippen molar-refractivity contribution in [3.63, 3.8) is 0 Å². The van der Waals surface area contributed by atoms with Gasteiger partial charge in [0.05, 0.1) is 27.8 Å². The van der Waals surface area contributed by atoms with E-state index in [4.69, 9.17) is 9.97 Å². The Bertz CT molecular complexity index is 2420. The Labute approximate surface area is 254 Å².